The number of carbonyl (C=O) groups is 1. The van der Waals surface area contributed by atoms with Crippen LogP contribution in [0.15, 0.2) is 42.5 Å². The number of halogens is 3. The predicted octanol–water partition coefficient (Wildman–Crippen LogP) is 3.15. The van der Waals surface area contributed by atoms with Crippen molar-refractivity contribution in [3.63, 3.8) is 0 Å². The molecule has 0 aliphatic carbocycles. The lowest BCUT2D eigenvalue weighted by molar-refractivity contribution is -0.267. The first kappa shape index (κ1) is 15.3. The summed E-state index contributed by atoms with van der Waals surface area (Å²) < 4.78 is 44.5. The molecule has 0 aliphatic rings. The molecule has 2 aromatic rings. The fourth-order valence-electron chi connectivity index (χ4n) is 2.15. The molecule has 0 saturated carbocycles. The maximum atomic E-state index is 13.3. The SMILES string of the molecule is CCOC(=O)C(O)(c1cccc2ccccc12)C(F)(F)F. The third-order valence-electron chi connectivity index (χ3n) is 3.16. The third-order valence-corrected chi connectivity index (χ3v) is 3.16. The normalized spacial score (nSPS) is 14.7. The smallest absolute Gasteiger partial charge is 0.432 e. The Hall–Kier alpha value is -2.08. The first-order valence-corrected chi connectivity index (χ1v) is 6.27. The number of fused-ring (bicyclic) bond motifs is 1. The largest absolute Gasteiger partial charge is 0.463 e. The fraction of sp³-hybridized carbons (Fsp3) is 0.267. The summed E-state index contributed by atoms with van der Waals surface area (Å²) in [6, 6.07) is 10.2. The zero-order valence-electron chi connectivity index (χ0n) is 11.1. The van der Waals surface area contributed by atoms with Crippen LogP contribution in [0.5, 0.6) is 0 Å². The van der Waals surface area contributed by atoms with Crippen LogP contribution < -0.4 is 0 Å². The van der Waals surface area contributed by atoms with Gasteiger partial charge in [0, 0.05) is 5.56 Å². The molecule has 2 rings (SSSR count). The van der Waals surface area contributed by atoms with Crippen molar-refractivity contribution >= 4 is 16.7 Å². The van der Waals surface area contributed by atoms with Gasteiger partial charge in [0.1, 0.15) is 0 Å². The number of benzene rings is 2. The minimum atomic E-state index is -5.19. The van der Waals surface area contributed by atoms with Crippen LogP contribution in [0.1, 0.15) is 12.5 Å². The lowest BCUT2D eigenvalue weighted by Crippen LogP contribution is -2.50. The van der Waals surface area contributed by atoms with Gasteiger partial charge in [0.2, 0.25) is 0 Å². The zero-order valence-corrected chi connectivity index (χ0v) is 11.1. The highest BCUT2D eigenvalue weighted by Crippen LogP contribution is 2.42. The van der Waals surface area contributed by atoms with Gasteiger partial charge in [-0.25, -0.2) is 4.79 Å². The minimum absolute atomic E-state index is 0.146. The molecule has 0 aliphatic heterocycles. The number of aliphatic hydroxyl groups is 1. The number of carbonyl (C=O) groups excluding carboxylic acids is 1. The second-order valence-electron chi connectivity index (χ2n) is 4.46. The van der Waals surface area contributed by atoms with Crippen molar-refractivity contribution in [2.75, 3.05) is 6.61 Å². The number of hydrogen-bond acceptors (Lipinski definition) is 3. The second kappa shape index (κ2) is 5.37. The number of alkyl halides is 3. The molecule has 1 atom stereocenters. The van der Waals surface area contributed by atoms with E-state index in [-0.39, 0.29) is 12.0 Å². The van der Waals surface area contributed by atoms with Crippen molar-refractivity contribution in [3.8, 4) is 0 Å². The molecule has 0 fully saturated rings. The van der Waals surface area contributed by atoms with E-state index >= 15 is 0 Å². The topological polar surface area (TPSA) is 46.5 Å². The molecule has 6 heteroatoms. The molecule has 0 amide bonds. The van der Waals surface area contributed by atoms with Crippen LogP contribution >= 0.6 is 0 Å². The Kier molecular flexibility index (Phi) is 3.91. The van der Waals surface area contributed by atoms with Crippen LogP contribution in [0.3, 0.4) is 0 Å². The first-order valence-electron chi connectivity index (χ1n) is 6.27. The average molecular weight is 298 g/mol. The molecule has 0 heterocycles. The number of rotatable bonds is 3. The summed E-state index contributed by atoms with van der Waals surface area (Å²) in [5.41, 5.74) is -4.23. The van der Waals surface area contributed by atoms with Crippen molar-refractivity contribution in [1.29, 1.82) is 0 Å². The summed E-state index contributed by atoms with van der Waals surface area (Å²) in [6.07, 6.45) is -5.19. The van der Waals surface area contributed by atoms with E-state index in [9.17, 15) is 23.1 Å². The zero-order chi connectivity index (χ0) is 15.7. The Morgan fingerprint density at radius 2 is 1.76 bits per heavy atom. The Bertz CT molecular complexity index is 661. The number of hydrogen-bond donors (Lipinski definition) is 1. The van der Waals surface area contributed by atoms with E-state index in [2.05, 4.69) is 4.74 Å². The molecule has 0 spiro atoms. The van der Waals surface area contributed by atoms with Gasteiger partial charge >= 0.3 is 12.1 Å². The fourth-order valence-corrected chi connectivity index (χ4v) is 2.15. The molecule has 0 saturated heterocycles. The summed E-state index contributed by atoms with van der Waals surface area (Å²) in [5.74, 6) is -1.73. The standard InChI is InChI=1S/C15H13F3O3/c1-2-21-13(19)14(20,15(16,17)18)12-9-5-7-10-6-3-4-8-11(10)12/h3-9,20H,2H2,1H3. The molecule has 0 radical (unpaired) electrons. The Balaban J connectivity index is 2.74. The molecule has 112 valence electrons. The lowest BCUT2D eigenvalue weighted by atomic mass is 9.88. The molecule has 1 N–H and O–H groups in total. The summed E-state index contributed by atoms with van der Waals surface area (Å²) in [4.78, 5) is 11.8. The minimum Gasteiger partial charge on any atom is -0.463 e. The second-order valence-corrected chi connectivity index (χ2v) is 4.46. The van der Waals surface area contributed by atoms with E-state index in [4.69, 9.17) is 0 Å². The molecule has 0 bridgehead atoms. The van der Waals surface area contributed by atoms with Gasteiger partial charge in [0.25, 0.3) is 5.60 Å². The van der Waals surface area contributed by atoms with Crippen LogP contribution in [0.4, 0.5) is 13.2 Å². The molecule has 3 nitrogen and oxygen atoms in total. The van der Waals surface area contributed by atoms with Crippen LogP contribution in [-0.2, 0) is 15.1 Å². The van der Waals surface area contributed by atoms with Gasteiger partial charge in [-0.3, -0.25) is 0 Å². The average Bonchev–Trinajstić information content (AvgIpc) is 2.45. The van der Waals surface area contributed by atoms with Gasteiger partial charge in [-0.2, -0.15) is 13.2 Å². The highest BCUT2D eigenvalue weighted by Gasteiger charge is 2.62. The van der Waals surface area contributed by atoms with E-state index < -0.39 is 23.3 Å². The van der Waals surface area contributed by atoms with E-state index in [1.54, 1.807) is 18.2 Å². The van der Waals surface area contributed by atoms with Crippen molar-refractivity contribution in [3.05, 3.63) is 48.0 Å². The lowest BCUT2D eigenvalue weighted by Gasteiger charge is -2.29. The maximum Gasteiger partial charge on any atom is 0.432 e. The van der Waals surface area contributed by atoms with Gasteiger partial charge < -0.3 is 9.84 Å². The maximum absolute atomic E-state index is 13.3. The van der Waals surface area contributed by atoms with Gasteiger partial charge in [-0.1, -0.05) is 42.5 Å². The van der Waals surface area contributed by atoms with Crippen LogP contribution in [0.25, 0.3) is 10.8 Å². The highest BCUT2D eigenvalue weighted by molar-refractivity contribution is 5.93. The molecule has 2 aromatic carbocycles. The Labute approximate surface area is 119 Å². The Morgan fingerprint density at radius 1 is 1.14 bits per heavy atom. The van der Waals surface area contributed by atoms with Crippen molar-refractivity contribution in [2.45, 2.75) is 18.7 Å². The summed E-state index contributed by atoms with van der Waals surface area (Å²) in [5, 5.41) is 10.8. The predicted molar refractivity (Wildman–Crippen MR) is 70.5 cm³/mol. The van der Waals surface area contributed by atoms with Gasteiger partial charge in [-0.15, -0.1) is 0 Å². The van der Waals surface area contributed by atoms with Crippen LogP contribution in [-0.4, -0.2) is 23.9 Å². The quantitative estimate of drug-likeness (QED) is 0.885. The molecular weight excluding hydrogens is 285 g/mol. The monoisotopic (exact) mass is 298 g/mol. The van der Waals surface area contributed by atoms with E-state index in [1.807, 2.05) is 0 Å². The highest BCUT2D eigenvalue weighted by atomic mass is 19.4. The number of ether oxygens (including phenoxy) is 1. The van der Waals surface area contributed by atoms with E-state index in [0.717, 1.165) is 6.07 Å². The van der Waals surface area contributed by atoms with Crippen LogP contribution in [0, 0.1) is 0 Å². The molecule has 1 unspecified atom stereocenters. The summed E-state index contributed by atoms with van der Waals surface area (Å²) in [6.45, 7) is 1.11. The summed E-state index contributed by atoms with van der Waals surface area (Å²) >= 11 is 0. The third kappa shape index (κ3) is 2.47. The van der Waals surface area contributed by atoms with E-state index in [1.165, 1.54) is 25.1 Å². The Morgan fingerprint density at radius 3 is 2.38 bits per heavy atom. The number of esters is 1. The molecular formula is C15H13F3O3. The first-order chi connectivity index (χ1) is 9.82. The van der Waals surface area contributed by atoms with Crippen LogP contribution in [0.2, 0.25) is 0 Å². The summed E-state index contributed by atoms with van der Waals surface area (Å²) in [7, 11) is 0. The van der Waals surface area contributed by atoms with Crippen molar-refractivity contribution < 1.29 is 27.8 Å². The molecule has 21 heavy (non-hydrogen) atoms. The van der Waals surface area contributed by atoms with Gasteiger partial charge in [-0.05, 0) is 17.7 Å². The van der Waals surface area contributed by atoms with Gasteiger partial charge in [0.05, 0.1) is 6.61 Å². The van der Waals surface area contributed by atoms with Gasteiger partial charge in [0.15, 0.2) is 0 Å². The van der Waals surface area contributed by atoms with E-state index in [0.29, 0.717) is 5.39 Å². The molecule has 0 aromatic heterocycles. The van der Waals surface area contributed by atoms with Crippen molar-refractivity contribution in [1.82, 2.24) is 0 Å². The van der Waals surface area contributed by atoms with Crippen molar-refractivity contribution in [2.24, 2.45) is 0 Å².